The van der Waals surface area contributed by atoms with Crippen molar-refractivity contribution in [1.29, 1.82) is 0 Å². The van der Waals surface area contributed by atoms with E-state index in [4.69, 9.17) is 9.72 Å². The molecule has 0 spiro atoms. The van der Waals surface area contributed by atoms with E-state index in [1.165, 1.54) is 11.3 Å². The number of nitrogens with zero attached hydrogens (tertiary/aromatic N) is 3. The molecule has 8 heteroatoms. The van der Waals surface area contributed by atoms with Crippen molar-refractivity contribution in [2.45, 2.75) is 31.9 Å². The number of nitrogens with one attached hydrogen (secondary N) is 1. The maximum Gasteiger partial charge on any atom is 0.276 e. The van der Waals surface area contributed by atoms with Crippen molar-refractivity contribution in [3.05, 3.63) is 94.5 Å². The molecule has 7 nitrogen and oxygen atoms in total. The Morgan fingerprint density at radius 3 is 2.62 bits per heavy atom. The summed E-state index contributed by atoms with van der Waals surface area (Å²) < 4.78 is 5.80. The van der Waals surface area contributed by atoms with E-state index < -0.39 is 0 Å². The van der Waals surface area contributed by atoms with Crippen molar-refractivity contribution < 1.29 is 14.3 Å². The maximum absolute atomic E-state index is 14.0. The lowest BCUT2D eigenvalue weighted by molar-refractivity contribution is 0.0952. The third kappa shape index (κ3) is 4.60. The number of hydrogen-bond acceptors (Lipinski definition) is 6. The highest BCUT2D eigenvalue weighted by molar-refractivity contribution is 7.17. The zero-order chi connectivity index (χ0) is 26.3. The first kappa shape index (κ1) is 24.1. The first-order valence-electron chi connectivity index (χ1n) is 13.4. The number of anilines is 3. The second-order valence-electron chi connectivity index (χ2n) is 10.2. The van der Waals surface area contributed by atoms with Gasteiger partial charge >= 0.3 is 0 Å². The normalized spacial score (nSPS) is 16.4. The molecule has 3 aliphatic rings. The molecule has 39 heavy (non-hydrogen) atoms. The van der Waals surface area contributed by atoms with Gasteiger partial charge in [-0.2, -0.15) is 0 Å². The van der Waals surface area contributed by atoms with Crippen molar-refractivity contribution in [3.8, 4) is 10.4 Å². The number of fused-ring (bicyclic) bond motifs is 4. The molecule has 1 N–H and O–H groups in total. The molecule has 196 valence electrons. The van der Waals surface area contributed by atoms with Crippen molar-refractivity contribution in [2.75, 3.05) is 29.5 Å². The summed E-state index contributed by atoms with van der Waals surface area (Å²) in [7, 11) is 0. The Labute approximate surface area is 231 Å². The van der Waals surface area contributed by atoms with E-state index in [0.29, 0.717) is 44.5 Å². The predicted molar refractivity (Wildman–Crippen MR) is 153 cm³/mol. The van der Waals surface area contributed by atoms with Crippen molar-refractivity contribution in [2.24, 2.45) is 0 Å². The fourth-order valence-electron chi connectivity index (χ4n) is 5.33. The first-order chi connectivity index (χ1) is 19.2. The van der Waals surface area contributed by atoms with Crippen molar-refractivity contribution in [1.82, 2.24) is 10.3 Å². The van der Waals surface area contributed by atoms with Gasteiger partial charge in [0.25, 0.3) is 11.8 Å². The van der Waals surface area contributed by atoms with Gasteiger partial charge in [0.15, 0.2) is 0 Å². The Balaban J connectivity index is 1.21. The molecule has 2 aliphatic heterocycles. The third-order valence-electron chi connectivity index (χ3n) is 7.46. The molecule has 4 aromatic rings. The SMILES string of the molecule is O=C(NC1CC1)c1cc2c(s1)-c1ccccc1N(C(=O)c1cccc(N3CCOCc4ccccc43)n1)CC2. The molecule has 0 bridgehead atoms. The minimum atomic E-state index is -0.134. The Hall–Kier alpha value is -4.01. The van der Waals surface area contributed by atoms with Gasteiger partial charge in [0.05, 0.1) is 23.8 Å². The molecular formula is C31H28N4O3S. The fraction of sp³-hybridized carbons (Fsp3) is 0.258. The van der Waals surface area contributed by atoms with Crippen LogP contribution in [0.1, 0.15) is 44.1 Å². The highest BCUT2D eigenvalue weighted by Crippen LogP contribution is 2.42. The van der Waals surface area contributed by atoms with Gasteiger partial charge in [-0.1, -0.05) is 42.5 Å². The molecule has 0 saturated heterocycles. The van der Waals surface area contributed by atoms with E-state index in [1.54, 1.807) is 6.07 Å². The van der Waals surface area contributed by atoms with Crippen LogP contribution in [0.2, 0.25) is 0 Å². The third-order valence-corrected chi connectivity index (χ3v) is 8.67. The average Bonchev–Trinajstić information content (AvgIpc) is 3.75. The lowest BCUT2D eigenvalue weighted by Crippen LogP contribution is -2.33. The molecule has 1 saturated carbocycles. The van der Waals surface area contributed by atoms with Gasteiger partial charge in [0.2, 0.25) is 0 Å². The van der Waals surface area contributed by atoms with Crippen LogP contribution >= 0.6 is 11.3 Å². The minimum absolute atomic E-state index is 0.00230. The number of rotatable bonds is 4. The number of thiophene rings is 1. The molecule has 1 aliphatic carbocycles. The molecule has 1 fully saturated rings. The topological polar surface area (TPSA) is 74.8 Å². The van der Waals surface area contributed by atoms with Gasteiger partial charge in [-0.3, -0.25) is 9.59 Å². The molecule has 0 radical (unpaired) electrons. The standard InChI is InChI=1S/C31H28N4O3S/c36-30(32-22-12-13-22)27-18-20-14-15-35(26-10-4-2-7-23(26)29(20)39-27)31(37)24-8-5-11-28(33-24)34-16-17-38-19-21-6-1-3-9-25(21)34/h1-11,18,22H,12-17,19H2,(H,32,36). The summed E-state index contributed by atoms with van der Waals surface area (Å²) in [6, 6.07) is 24.1. The van der Waals surface area contributed by atoms with E-state index >= 15 is 0 Å². The Kier molecular flexibility index (Phi) is 6.14. The quantitative estimate of drug-likeness (QED) is 0.369. The Morgan fingerprint density at radius 2 is 1.74 bits per heavy atom. The second-order valence-corrected chi connectivity index (χ2v) is 11.2. The molecule has 2 aromatic heterocycles. The van der Waals surface area contributed by atoms with Crippen LogP contribution in [0, 0.1) is 0 Å². The van der Waals surface area contributed by atoms with Crippen LogP contribution in [0.15, 0.2) is 72.8 Å². The lowest BCUT2D eigenvalue weighted by Gasteiger charge is -2.25. The zero-order valence-corrected chi connectivity index (χ0v) is 22.2. The fourth-order valence-corrected chi connectivity index (χ4v) is 6.47. The van der Waals surface area contributed by atoms with Crippen LogP contribution in [-0.4, -0.2) is 42.5 Å². The van der Waals surface area contributed by atoms with Gasteiger partial charge in [-0.05, 0) is 55.2 Å². The second kappa shape index (κ2) is 9.94. The van der Waals surface area contributed by atoms with Crippen LogP contribution in [0.25, 0.3) is 10.4 Å². The highest BCUT2D eigenvalue weighted by Gasteiger charge is 2.30. The van der Waals surface area contributed by atoms with E-state index in [9.17, 15) is 9.59 Å². The van der Waals surface area contributed by atoms with Crippen LogP contribution in [0.5, 0.6) is 0 Å². The number of carbonyl (C=O) groups excluding carboxylic acids is 2. The molecular weight excluding hydrogens is 508 g/mol. The first-order valence-corrected chi connectivity index (χ1v) is 14.2. The average molecular weight is 537 g/mol. The van der Waals surface area contributed by atoms with Gasteiger partial charge in [-0.25, -0.2) is 4.98 Å². The van der Waals surface area contributed by atoms with Crippen LogP contribution < -0.4 is 15.1 Å². The molecule has 4 heterocycles. The number of pyridine rings is 1. The summed E-state index contributed by atoms with van der Waals surface area (Å²) in [6.45, 7) is 2.31. The number of hydrogen-bond donors (Lipinski definition) is 1. The number of para-hydroxylation sites is 2. The van der Waals surface area contributed by atoms with Gasteiger partial charge in [-0.15, -0.1) is 11.3 Å². The van der Waals surface area contributed by atoms with E-state index in [-0.39, 0.29) is 11.8 Å². The van der Waals surface area contributed by atoms with Crippen LogP contribution in [0.4, 0.5) is 17.2 Å². The minimum Gasteiger partial charge on any atom is -0.375 e. The van der Waals surface area contributed by atoms with Gasteiger partial charge in [0, 0.05) is 40.8 Å². The lowest BCUT2D eigenvalue weighted by atomic mass is 10.1. The largest absolute Gasteiger partial charge is 0.375 e. The Morgan fingerprint density at radius 1 is 0.923 bits per heavy atom. The molecule has 7 rings (SSSR count). The summed E-state index contributed by atoms with van der Waals surface area (Å²) in [5, 5.41) is 3.10. The van der Waals surface area contributed by atoms with E-state index in [0.717, 1.165) is 56.5 Å². The highest BCUT2D eigenvalue weighted by atomic mass is 32.1. The zero-order valence-electron chi connectivity index (χ0n) is 21.4. The van der Waals surface area contributed by atoms with Crippen LogP contribution in [-0.2, 0) is 17.8 Å². The number of ether oxygens (including phenoxy) is 1. The molecule has 0 atom stereocenters. The number of carbonyl (C=O) groups is 2. The summed E-state index contributed by atoms with van der Waals surface area (Å²) in [5.74, 6) is 0.598. The number of aromatic nitrogens is 1. The van der Waals surface area contributed by atoms with E-state index in [1.807, 2.05) is 59.5 Å². The van der Waals surface area contributed by atoms with Crippen molar-refractivity contribution >= 4 is 40.3 Å². The summed E-state index contributed by atoms with van der Waals surface area (Å²) in [5.41, 5.74) is 5.48. The van der Waals surface area contributed by atoms with E-state index in [2.05, 4.69) is 22.3 Å². The molecule has 2 amide bonds. The van der Waals surface area contributed by atoms with Crippen molar-refractivity contribution in [3.63, 3.8) is 0 Å². The van der Waals surface area contributed by atoms with Gasteiger partial charge in [0.1, 0.15) is 11.5 Å². The summed E-state index contributed by atoms with van der Waals surface area (Å²) in [4.78, 5) is 37.3. The Bertz CT molecular complexity index is 1580. The predicted octanol–water partition coefficient (Wildman–Crippen LogP) is 5.57. The smallest absolute Gasteiger partial charge is 0.276 e. The number of amides is 2. The van der Waals surface area contributed by atoms with Crippen LogP contribution in [0.3, 0.4) is 0 Å². The summed E-state index contributed by atoms with van der Waals surface area (Å²) in [6.07, 6.45) is 2.79. The molecule has 2 aromatic carbocycles. The van der Waals surface area contributed by atoms with Gasteiger partial charge < -0.3 is 19.9 Å². The maximum atomic E-state index is 14.0. The number of benzene rings is 2. The molecule has 0 unspecified atom stereocenters. The summed E-state index contributed by atoms with van der Waals surface area (Å²) >= 11 is 1.51. The monoisotopic (exact) mass is 536 g/mol.